The van der Waals surface area contributed by atoms with Crippen molar-refractivity contribution in [1.82, 2.24) is 9.47 Å². The Morgan fingerprint density at radius 1 is 1.17 bits per heavy atom. The first-order valence-electron chi connectivity index (χ1n) is 8.24. The fraction of sp³-hybridized carbons (Fsp3) is 0.421. The molecule has 2 heterocycles. The summed E-state index contributed by atoms with van der Waals surface area (Å²) >= 11 is 0. The summed E-state index contributed by atoms with van der Waals surface area (Å²) in [5.41, 5.74) is 2.23. The predicted molar refractivity (Wildman–Crippen MR) is 93.6 cm³/mol. The fourth-order valence-corrected chi connectivity index (χ4v) is 3.39. The lowest BCUT2D eigenvalue weighted by Gasteiger charge is -2.26. The number of rotatable bonds is 5. The van der Waals surface area contributed by atoms with E-state index in [0.29, 0.717) is 0 Å². The zero-order valence-electron chi connectivity index (χ0n) is 14.5. The number of benzene rings is 1. The number of hydrogen-bond donors (Lipinski definition) is 0. The van der Waals surface area contributed by atoms with Crippen LogP contribution in [0.5, 0.6) is 11.5 Å². The van der Waals surface area contributed by atoms with Gasteiger partial charge in [0.05, 0.1) is 14.2 Å². The van der Waals surface area contributed by atoms with E-state index in [1.54, 1.807) is 31.9 Å². The molecule has 1 atom stereocenters. The van der Waals surface area contributed by atoms with Crippen molar-refractivity contribution in [1.29, 1.82) is 0 Å². The number of hydrogen-bond acceptors (Lipinski definition) is 4. The lowest BCUT2D eigenvalue weighted by Crippen LogP contribution is -2.25. The van der Waals surface area contributed by atoms with Gasteiger partial charge in [0.2, 0.25) is 0 Å². The van der Waals surface area contributed by atoms with Gasteiger partial charge in [-0.15, -0.1) is 0 Å². The van der Waals surface area contributed by atoms with E-state index in [9.17, 15) is 4.79 Å². The Balaban J connectivity index is 1.87. The van der Waals surface area contributed by atoms with Crippen LogP contribution in [0.15, 0.2) is 41.3 Å². The van der Waals surface area contributed by atoms with Crippen LogP contribution in [0.3, 0.4) is 0 Å². The summed E-state index contributed by atoms with van der Waals surface area (Å²) in [6.07, 6.45) is 4.04. The van der Waals surface area contributed by atoms with E-state index >= 15 is 0 Å². The number of ether oxygens (including phenoxy) is 2. The fourth-order valence-electron chi connectivity index (χ4n) is 3.39. The average Bonchev–Trinajstić information content (AvgIpc) is 3.05. The first-order valence-corrected chi connectivity index (χ1v) is 8.24. The van der Waals surface area contributed by atoms with Gasteiger partial charge in [0.25, 0.3) is 5.56 Å². The molecule has 3 rings (SSSR count). The summed E-state index contributed by atoms with van der Waals surface area (Å²) in [5.74, 6) is 1.72. The third-order valence-corrected chi connectivity index (χ3v) is 4.71. The molecule has 0 aliphatic carbocycles. The second-order valence-corrected chi connectivity index (χ2v) is 6.22. The molecule has 0 spiro atoms. The first-order chi connectivity index (χ1) is 11.6. The normalized spacial score (nSPS) is 17.9. The summed E-state index contributed by atoms with van der Waals surface area (Å²) in [6, 6.07) is 9.95. The molecule has 1 aromatic heterocycles. The van der Waals surface area contributed by atoms with Crippen LogP contribution in [0.25, 0.3) is 0 Å². The van der Waals surface area contributed by atoms with Crippen LogP contribution in [-0.2, 0) is 13.6 Å². The minimum atomic E-state index is 0.0298. The molecule has 5 nitrogen and oxygen atoms in total. The zero-order chi connectivity index (χ0) is 17.1. The van der Waals surface area contributed by atoms with E-state index in [-0.39, 0.29) is 11.6 Å². The van der Waals surface area contributed by atoms with E-state index in [0.717, 1.165) is 48.6 Å². The van der Waals surface area contributed by atoms with Gasteiger partial charge in [-0.25, -0.2) is 0 Å². The molecule has 24 heavy (non-hydrogen) atoms. The molecule has 0 saturated carbocycles. The van der Waals surface area contributed by atoms with Gasteiger partial charge < -0.3 is 14.0 Å². The highest BCUT2D eigenvalue weighted by Crippen LogP contribution is 2.39. The average molecular weight is 328 g/mol. The van der Waals surface area contributed by atoms with Gasteiger partial charge in [0.15, 0.2) is 0 Å². The van der Waals surface area contributed by atoms with Gasteiger partial charge in [0.1, 0.15) is 11.5 Å². The number of aromatic nitrogens is 1. The minimum Gasteiger partial charge on any atom is -0.497 e. The van der Waals surface area contributed by atoms with Crippen LogP contribution in [0.4, 0.5) is 0 Å². The number of methoxy groups -OCH3 is 2. The summed E-state index contributed by atoms with van der Waals surface area (Å²) in [6.45, 7) is 1.78. The van der Waals surface area contributed by atoms with Crippen LogP contribution in [0, 0.1) is 0 Å². The quantitative estimate of drug-likeness (QED) is 0.846. The number of aryl methyl sites for hydroxylation is 1. The molecule has 1 aromatic carbocycles. The molecule has 128 valence electrons. The summed E-state index contributed by atoms with van der Waals surface area (Å²) < 4.78 is 12.5. The Hall–Kier alpha value is -2.27. The topological polar surface area (TPSA) is 43.7 Å². The van der Waals surface area contributed by atoms with E-state index in [1.165, 1.54) is 0 Å². The molecule has 1 aliphatic rings. The molecule has 5 heteroatoms. The second-order valence-electron chi connectivity index (χ2n) is 6.22. The molecule has 0 bridgehead atoms. The smallest absolute Gasteiger partial charge is 0.250 e. The molecule has 0 amide bonds. The summed E-state index contributed by atoms with van der Waals surface area (Å²) in [4.78, 5) is 14.3. The van der Waals surface area contributed by atoms with Crippen LogP contribution in [0.2, 0.25) is 0 Å². The maximum atomic E-state index is 11.9. The van der Waals surface area contributed by atoms with Gasteiger partial charge in [-0.2, -0.15) is 0 Å². The lowest BCUT2D eigenvalue weighted by atomic mass is 10.0. The van der Waals surface area contributed by atoms with Crippen molar-refractivity contribution >= 4 is 0 Å². The highest BCUT2D eigenvalue weighted by molar-refractivity contribution is 5.42. The van der Waals surface area contributed by atoms with Crippen molar-refractivity contribution in [2.24, 2.45) is 7.05 Å². The maximum absolute atomic E-state index is 11.9. The molecule has 1 aliphatic heterocycles. The summed E-state index contributed by atoms with van der Waals surface area (Å²) in [5, 5.41) is 0. The van der Waals surface area contributed by atoms with Crippen molar-refractivity contribution in [2.45, 2.75) is 25.4 Å². The molecule has 1 saturated heterocycles. The SMILES string of the molecule is COc1ccc(OC)c(C2CCCN2Cc2ccn(C)c(=O)c2)c1. The zero-order valence-corrected chi connectivity index (χ0v) is 14.5. The largest absolute Gasteiger partial charge is 0.497 e. The number of likely N-dealkylation sites (tertiary alicyclic amines) is 1. The van der Waals surface area contributed by atoms with Gasteiger partial charge in [-0.3, -0.25) is 9.69 Å². The molecule has 1 unspecified atom stereocenters. The van der Waals surface area contributed by atoms with Crippen molar-refractivity contribution in [3.05, 3.63) is 58.0 Å². The second kappa shape index (κ2) is 7.09. The lowest BCUT2D eigenvalue weighted by molar-refractivity contribution is 0.242. The van der Waals surface area contributed by atoms with E-state index in [1.807, 2.05) is 24.4 Å². The monoisotopic (exact) mass is 328 g/mol. The van der Waals surface area contributed by atoms with Crippen LogP contribution < -0.4 is 15.0 Å². The molecule has 1 fully saturated rings. The Labute approximate surface area is 142 Å². The van der Waals surface area contributed by atoms with Gasteiger partial charge in [-0.05, 0) is 49.2 Å². The van der Waals surface area contributed by atoms with Gasteiger partial charge in [0, 0.05) is 37.5 Å². The van der Waals surface area contributed by atoms with Crippen molar-refractivity contribution in [3.63, 3.8) is 0 Å². The number of pyridine rings is 1. The van der Waals surface area contributed by atoms with Crippen molar-refractivity contribution < 1.29 is 9.47 Å². The summed E-state index contributed by atoms with van der Waals surface area (Å²) in [7, 11) is 5.15. The van der Waals surface area contributed by atoms with Crippen molar-refractivity contribution in [3.8, 4) is 11.5 Å². The molecule has 0 N–H and O–H groups in total. The highest BCUT2D eigenvalue weighted by Gasteiger charge is 2.28. The van der Waals surface area contributed by atoms with Crippen LogP contribution >= 0.6 is 0 Å². The van der Waals surface area contributed by atoms with E-state index < -0.39 is 0 Å². The third kappa shape index (κ3) is 3.31. The molecular weight excluding hydrogens is 304 g/mol. The predicted octanol–water partition coefficient (Wildman–Crippen LogP) is 2.74. The van der Waals surface area contributed by atoms with Crippen molar-refractivity contribution in [2.75, 3.05) is 20.8 Å². The Bertz CT molecular complexity index is 769. The van der Waals surface area contributed by atoms with Crippen LogP contribution in [-0.4, -0.2) is 30.2 Å². The standard InChI is InChI=1S/C19H24N2O3/c1-20-10-8-14(11-19(20)22)13-21-9-4-5-17(21)16-12-15(23-2)6-7-18(16)24-3/h6-8,10-12,17H,4-5,9,13H2,1-3H3. The van der Waals surface area contributed by atoms with Gasteiger partial charge >= 0.3 is 0 Å². The number of nitrogens with zero attached hydrogens (tertiary/aromatic N) is 2. The first kappa shape index (κ1) is 16.6. The molecule has 2 aromatic rings. The molecular formula is C19H24N2O3. The minimum absolute atomic E-state index is 0.0298. The van der Waals surface area contributed by atoms with Gasteiger partial charge in [-0.1, -0.05) is 0 Å². The van der Waals surface area contributed by atoms with E-state index in [4.69, 9.17) is 9.47 Å². The Kier molecular flexibility index (Phi) is 4.90. The van der Waals surface area contributed by atoms with Crippen LogP contribution in [0.1, 0.15) is 30.0 Å². The highest BCUT2D eigenvalue weighted by atomic mass is 16.5. The van der Waals surface area contributed by atoms with E-state index in [2.05, 4.69) is 11.0 Å². The Morgan fingerprint density at radius 2 is 2.00 bits per heavy atom. The third-order valence-electron chi connectivity index (χ3n) is 4.71. The maximum Gasteiger partial charge on any atom is 0.250 e. The Morgan fingerprint density at radius 3 is 2.71 bits per heavy atom. The molecule has 0 radical (unpaired) electrons.